The number of halogens is 1. The number of rotatable bonds is 4. The van der Waals surface area contributed by atoms with Crippen LogP contribution in [0.15, 0.2) is 24.3 Å². The molecule has 1 saturated carbocycles. The van der Waals surface area contributed by atoms with Crippen LogP contribution in [0.25, 0.3) is 0 Å². The molecular formula is C18H26ClNO. The third kappa shape index (κ3) is 4.21. The monoisotopic (exact) mass is 307 g/mol. The first-order valence-electron chi connectivity index (χ1n) is 8.37. The fourth-order valence-electron chi connectivity index (χ4n) is 3.53. The summed E-state index contributed by atoms with van der Waals surface area (Å²) in [5.74, 6) is 0.779. The summed E-state index contributed by atoms with van der Waals surface area (Å²) < 4.78 is 5.39. The molecule has 1 heterocycles. The number of benzene rings is 1. The fourth-order valence-corrected chi connectivity index (χ4v) is 3.87. The molecule has 0 radical (unpaired) electrons. The van der Waals surface area contributed by atoms with Gasteiger partial charge in [-0.25, -0.2) is 0 Å². The maximum absolute atomic E-state index is 6.60. The third-order valence-corrected chi connectivity index (χ3v) is 5.29. The molecule has 0 N–H and O–H groups in total. The van der Waals surface area contributed by atoms with Crippen LogP contribution in [-0.2, 0) is 4.74 Å². The van der Waals surface area contributed by atoms with Gasteiger partial charge in [0.15, 0.2) is 0 Å². The summed E-state index contributed by atoms with van der Waals surface area (Å²) in [6, 6.07) is 9.09. The normalized spacial score (nSPS) is 23.1. The van der Waals surface area contributed by atoms with E-state index in [1.807, 2.05) is 0 Å². The molecule has 1 aromatic rings. The summed E-state index contributed by atoms with van der Waals surface area (Å²) in [4.78, 5) is 2.40. The van der Waals surface area contributed by atoms with E-state index >= 15 is 0 Å². The highest BCUT2D eigenvalue weighted by atomic mass is 35.5. The molecule has 3 heteroatoms. The first-order valence-corrected chi connectivity index (χ1v) is 8.80. The summed E-state index contributed by atoms with van der Waals surface area (Å²) in [5, 5.41) is 0.0866. The van der Waals surface area contributed by atoms with Crippen LogP contribution in [0, 0.1) is 0 Å². The topological polar surface area (TPSA) is 12.5 Å². The standard InChI is InChI=1S/C18H26ClNO/c19-18(14-20-10-12-21-13-11-20)17-8-6-16(7-9-17)15-4-2-1-3-5-15/h6-9,15,18H,1-5,10-14H2. The maximum Gasteiger partial charge on any atom is 0.0712 e. The Kier molecular flexibility index (Phi) is 5.56. The predicted octanol–water partition coefficient (Wildman–Crippen LogP) is 4.35. The van der Waals surface area contributed by atoms with Gasteiger partial charge in [-0.05, 0) is 29.9 Å². The molecule has 116 valence electrons. The largest absolute Gasteiger partial charge is 0.379 e. The first-order chi connectivity index (χ1) is 10.3. The Bertz CT molecular complexity index is 421. The Morgan fingerprint density at radius 3 is 2.38 bits per heavy atom. The molecule has 1 aliphatic heterocycles. The van der Waals surface area contributed by atoms with Gasteiger partial charge in [-0.3, -0.25) is 4.90 Å². The van der Waals surface area contributed by atoms with Crippen molar-refractivity contribution in [3.63, 3.8) is 0 Å². The van der Waals surface area contributed by atoms with Crippen LogP contribution in [0.3, 0.4) is 0 Å². The summed E-state index contributed by atoms with van der Waals surface area (Å²) in [5.41, 5.74) is 2.76. The molecule has 0 bridgehead atoms. The summed E-state index contributed by atoms with van der Waals surface area (Å²) in [6.07, 6.45) is 6.91. The van der Waals surface area contributed by atoms with Gasteiger partial charge in [0.05, 0.1) is 18.6 Å². The second kappa shape index (κ2) is 7.62. The van der Waals surface area contributed by atoms with Gasteiger partial charge in [0.1, 0.15) is 0 Å². The number of hydrogen-bond acceptors (Lipinski definition) is 2. The summed E-state index contributed by atoms with van der Waals surface area (Å²) in [6.45, 7) is 4.61. The van der Waals surface area contributed by atoms with Crippen molar-refractivity contribution in [1.82, 2.24) is 4.90 Å². The van der Waals surface area contributed by atoms with Gasteiger partial charge in [-0.15, -0.1) is 11.6 Å². The minimum atomic E-state index is 0.0866. The van der Waals surface area contributed by atoms with Crippen molar-refractivity contribution in [1.29, 1.82) is 0 Å². The van der Waals surface area contributed by atoms with Crippen LogP contribution in [-0.4, -0.2) is 37.7 Å². The Balaban J connectivity index is 1.57. The zero-order chi connectivity index (χ0) is 14.5. The van der Waals surface area contributed by atoms with E-state index in [0.29, 0.717) is 0 Å². The highest BCUT2D eigenvalue weighted by Gasteiger charge is 2.18. The van der Waals surface area contributed by atoms with E-state index in [-0.39, 0.29) is 5.38 Å². The lowest BCUT2D eigenvalue weighted by molar-refractivity contribution is 0.0379. The van der Waals surface area contributed by atoms with Gasteiger partial charge in [-0.1, -0.05) is 43.5 Å². The van der Waals surface area contributed by atoms with Gasteiger partial charge < -0.3 is 4.74 Å². The molecule has 0 aromatic heterocycles. The Morgan fingerprint density at radius 1 is 1.05 bits per heavy atom. The average Bonchev–Trinajstić information content (AvgIpc) is 2.57. The molecule has 1 atom stereocenters. The smallest absolute Gasteiger partial charge is 0.0712 e. The van der Waals surface area contributed by atoms with Crippen molar-refractivity contribution >= 4 is 11.6 Å². The number of nitrogens with zero attached hydrogens (tertiary/aromatic N) is 1. The summed E-state index contributed by atoms with van der Waals surface area (Å²) >= 11 is 6.60. The SMILES string of the molecule is ClC(CN1CCOCC1)c1ccc(C2CCCCC2)cc1. The fraction of sp³-hybridized carbons (Fsp3) is 0.667. The van der Waals surface area contributed by atoms with E-state index < -0.39 is 0 Å². The van der Waals surface area contributed by atoms with Crippen LogP contribution in [0.4, 0.5) is 0 Å². The minimum Gasteiger partial charge on any atom is -0.379 e. The second-order valence-electron chi connectivity index (χ2n) is 6.38. The molecule has 2 fully saturated rings. The van der Waals surface area contributed by atoms with Gasteiger partial charge >= 0.3 is 0 Å². The highest BCUT2D eigenvalue weighted by Crippen LogP contribution is 2.33. The quantitative estimate of drug-likeness (QED) is 0.767. The van der Waals surface area contributed by atoms with E-state index in [0.717, 1.165) is 38.8 Å². The van der Waals surface area contributed by atoms with Gasteiger partial charge in [0.2, 0.25) is 0 Å². The zero-order valence-corrected chi connectivity index (χ0v) is 13.5. The molecule has 1 aromatic carbocycles. The van der Waals surface area contributed by atoms with Gasteiger partial charge in [0, 0.05) is 19.6 Å². The molecule has 2 aliphatic rings. The molecule has 1 aliphatic carbocycles. The molecule has 3 rings (SSSR count). The molecule has 21 heavy (non-hydrogen) atoms. The molecule has 0 spiro atoms. The molecule has 1 unspecified atom stereocenters. The number of ether oxygens (including phenoxy) is 1. The Morgan fingerprint density at radius 2 is 1.71 bits per heavy atom. The highest BCUT2D eigenvalue weighted by molar-refractivity contribution is 6.21. The number of hydrogen-bond donors (Lipinski definition) is 0. The van der Waals surface area contributed by atoms with Crippen molar-refractivity contribution in [2.75, 3.05) is 32.8 Å². The summed E-state index contributed by atoms with van der Waals surface area (Å²) in [7, 11) is 0. The lowest BCUT2D eigenvalue weighted by Gasteiger charge is -2.28. The molecule has 0 amide bonds. The van der Waals surface area contributed by atoms with Crippen LogP contribution >= 0.6 is 11.6 Å². The average molecular weight is 308 g/mol. The van der Waals surface area contributed by atoms with Crippen molar-refractivity contribution in [2.24, 2.45) is 0 Å². The van der Waals surface area contributed by atoms with Crippen LogP contribution in [0.5, 0.6) is 0 Å². The van der Waals surface area contributed by atoms with E-state index in [2.05, 4.69) is 29.2 Å². The van der Waals surface area contributed by atoms with Gasteiger partial charge in [0.25, 0.3) is 0 Å². The third-order valence-electron chi connectivity index (χ3n) is 4.90. The minimum absolute atomic E-state index is 0.0866. The van der Waals surface area contributed by atoms with Crippen molar-refractivity contribution in [2.45, 2.75) is 43.4 Å². The lowest BCUT2D eigenvalue weighted by atomic mass is 9.84. The lowest BCUT2D eigenvalue weighted by Crippen LogP contribution is -2.38. The van der Waals surface area contributed by atoms with Crippen LogP contribution in [0.2, 0.25) is 0 Å². The van der Waals surface area contributed by atoms with Gasteiger partial charge in [-0.2, -0.15) is 0 Å². The van der Waals surface area contributed by atoms with E-state index in [1.54, 1.807) is 0 Å². The number of alkyl halides is 1. The zero-order valence-electron chi connectivity index (χ0n) is 12.8. The Hall–Kier alpha value is -0.570. The maximum atomic E-state index is 6.60. The van der Waals surface area contributed by atoms with E-state index in [9.17, 15) is 0 Å². The second-order valence-corrected chi connectivity index (χ2v) is 6.91. The first kappa shape index (κ1) is 15.3. The van der Waals surface area contributed by atoms with Crippen molar-refractivity contribution in [3.05, 3.63) is 35.4 Å². The van der Waals surface area contributed by atoms with Crippen LogP contribution < -0.4 is 0 Å². The number of morpholine rings is 1. The van der Waals surface area contributed by atoms with E-state index in [1.165, 1.54) is 43.2 Å². The van der Waals surface area contributed by atoms with Crippen LogP contribution in [0.1, 0.15) is 54.5 Å². The Labute approximate surface area is 133 Å². The van der Waals surface area contributed by atoms with Crippen molar-refractivity contribution < 1.29 is 4.74 Å². The predicted molar refractivity (Wildman–Crippen MR) is 88.1 cm³/mol. The molecule has 2 nitrogen and oxygen atoms in total. The molecule has 1 saturated heterocycles. The van der Waals surface area contributed by atoms with E-state index in [4.69, 9.17) is 16.3 Å². The van der Waals surface area contributed by atoms with Crippen molar-refractivity contribution in [3.8, 4) is 0 Å². The molecular weight excluding hydrogens is 282 g/mol.